The molecule has 0 saturated heterocycles. The van der Waals surface area contributed by atoms with Crippen LogP contribution < -0.4 is 15.4 Å². The van der Waals surface area contributed by atoms with E-state index in [2.05, 4.69) is 34.2 Å². The third-order valence-corrected chi connectivity index (χ3v) is 6.40. The largest absolute Gasteiger partial charge is 0.378 e. The van der Waals surface area contributed by atoms with E-state index in [1.807, 2.05) is 6.92 Å². The van der Waals surface area contributed by atoms with Gasteiger partial charge in [0, 0.05) is 33.3 Å². The van der Waals surface area contributed by atoms with Crippen LogP contribution in [0.1, 0.15) is 27.2 Å². The molecular formula is C16H31IN4O3S2. The summed E-state index contributed by atoms with van der Waals surface area (Å²) in [6.07, 6.45) is 1.10. The lowest BCUT2D eigenvalue weighted by molar-refractivity contribution is 0.0258. The molecule has 1 unspecified atom stereocenters. The van der Waals surface area contributed by atoms with Gasteiger partial charge in [0.2, 0.25) is 10.0 Å². The Morgan fingerprint density at radius 3 is 2.50 bits per heavy atom. The second kappa shape index (κ2) is 13.7. The number of thiophene rings is 1. The third kappa shape index (κ3) is 9.49. The summed E-state index contributed by atoms with van der Waals surface area (Å²) < 4.78 is 32.6. The Hall–Kier alpha value is -0.430. The average molecular weight is 518 g/mol. The highest BCUT2D eigenvalue weighted by Crippen LogP contribution is 2.14. The van der Waals surface area contributed by atoms with E-state index in [0.29, 0.717) is 29.2 Å². The normalized spacial score (nSPS) is 13.3. The van der Waals surface area contributed by atoms with Crippen molar-refractivity contribution in [2.24, 2.45) is 10.9 Å². The smallest absolute Gasteiger partial charge is 0.250 e. The Kier molecular flexibility index (Phi) is 13.5. The lowest BCUT2D eigenvalue weighted by Gasteiger charge is -2.21. The minimum atomic E-state index is -3.41. The molecule has 1 rings (SSSR count). The molecule has 1 heterocycles. The molecule has 0 aliphatic heterocycles. The highest BCUT2D eigenvalue weighted by atomic mass is 127. The van der Waals surface area contributed by atoms with Gasteiger partial charge in [-0.15, -0.1) is 35.3 Å². The van der Waals surface area contributed by atoms with Crippen LogP contribution in [0.15, 0.2) is 26.7 Å². The van der Waals surface area contributed by atoms with Crippen LogP contribution in [0.5, 0.6) is 0 Å². The highest BCUT2D eigenvalue weighted by molar-refractivity contribution is 14.0. The van der Waals surface area contributed by atoms with Crippen molar-refractivity contribution in [3.05, 3.63) is 17.5 Å². The van der Waals surface area contributed by atoms with Gasteiger partial charge in [-0.05, 0) is 30.7 Å². The fraction of sp³-hybridized carbons (Fsp3) is 0.688. The predicted molar refractivity (Wildman–Crippen MR) is 119 cm³/mol. The number of guanidine groups is 1. The number of nitrogens with zero attached hydrogens (tertiary/aromatic N) is 1. The molecule has 26 heavy (non-hydrogen) atoms. The Labute approximate surface area is 178 Å². The molecule has 0 radical (unpaired) electrons. The maximum absolute atomic E-state index is 12.0. The molecule has 0 bridgehead atoms. The minimum absolute atomic E-state index is 0. The zero-order valence-electron chi connectivity index (χ0n) is 15.8. The van der Waals surface area contributed by atoms with Gasteiger partial charge >= 0.3 is 0 Å². The number of rotatable bonds is 11. The van der Waals surface area contributed by atoms with E-state index in [1.165, 1.54) is 11.3 Å². The van der Waals surface area contributed by atoms with E-state index < -0.39 is 10.0 Å². The first-order valence-electron chi connectivity index (χ1n) is 8.50. The van der Waals surface area contributed by atoms with Crippen molar-refractivity contribution >= 4 is 51.3 Å². The fourth-order valence-electron chi connectivity index (χ4n) is 2.23. The van der Waals surface area contributed by atoms with Crippen molar-refractivity contribution in [3.8, 4) is 0 Å². The van der Waals surface area contributed by atoms with E-state index >= 15 is 0 Å². The molecule has 0 fully saturated rings. The van der Waals surface area contributed by atoms with Crippen LogP contribution in [0.2, 0.25) is 0 Å². The molecule has 7 nitrogen and oxygen atoms in total. The second-order valence-electron chi connectivity index (χ2n) is 5.78. The van der Waals surface area contributed by atoms with E-state index in [4.69, 9.17) is 4.74 Å². The Bertz CT molecular complexity index is 607. The van der Waals surface area contributed by atoms with Crippen LogP contribution in [-0.4, -0.2) is 53.8 Å². The summed E-state index contributed by atoms with van der Waals surface area (Å²) in [7, 11) is -1.73. The lowest BCUT2D eigenvalue weighted by atomic mass is 10.0. The summed E-state index contributed by atoms with van der Waals surface area (Å²) in [6, 6.07) is 3.31. The second-order valence-corrected chi connectivity index (χ2v) is 8.72. The van der Waals surface area contributed by atoms with Crippen molar-refractivity contribution in [1.29, 1.82) is 0 Å². The van der Waals surface area contributed by atoms with Crippen molar-refractivity contribution in [2.75, 3.05) is 33.3 Å². The zero-order valence-corrected chi connectivity index (χ0v) is 19.8. The van der Waals surface area contributed by atoms with E-state index in [1.54, 1.807) is 24.6 Å². The summed E-state index contributed by atoms with van der Waals surface area (Å²) in [5.41, 5.74) is 0. The van der Waals surface area contributed by atoms with Gasteiger partial charge in [-0.2, -0.15) is 0 Å². The van der Waals surface area contributed by atoms with Gasteiger partial charge in [-0.25, -0.2) is 13.1 Å². The van der Waals surface area contributed by atoms with E-state index in [-0.39, 0.29) is 36.6 Å². The van der Waals surface area contributed by atoms with Crippen molar-refractivity contribution in [2.45, 2.75) is 37.5 Å². The number of hydrogen-bond acceptors (Lipinski definition) is 5. The SMILES string of the molecule is CCOC(CCNC(=NC)NCCNS(=O)(=O)c1cccs1)C(C)C.I. The molecule has 0 spiro atoms. The van der Waals surface area contributed by atoms with Gasteiger partial charge in [-0.3, -0.25) is 4.99 Å². The average Bonchev–Trinajstić information content (AvgIpc) is 3.11. The van der Waals surface area contributed by atoms with Gasteiger partial charge in [0.15, 0.2) is 5.96 Å². The van der Waals surface area contributed by atoms with Gasteiger partial charge in [0.05, 0.1) is 6.10 Å². The molecule has 1 aromatic heterocycles. The monoisotopic (exact) mass is 518 g/mol. The maximum Gasteiger partial charge on any atom is 0.250 e. The highest BCUT2D eigenvalue weighted by Gasteiger charge is 2.14. The van der Waals surface area contributed by atoms with Gasteiger partial charge in [-0.1, -0.05) is 19.9 Å². The van der Waals surface area contributed by atoms with Crippen LogP contribution in [0.25, 0.3) is 0 Å². The molecule has 0 amide bonds. The predicted octanol–water partition coefficient (Wildman–Crippen LogP) is 2.26. The fourth-order valence-corrected chi connectivity index (χ4v) is 4.30. The van der Waals surface area contributed by atoms with Crippen LogP contribution in [0.4, 0.5) is 0 Å². The number of nitrogens with one attached hydrogen (secondary N) is 3. The molecule has 0 aliphatic rings. The third-order valence-electron chi connectivity index (χ3n) is 3.54. The summed E-state index contributed by atoms with van der Waals surface area (Å²) in [5, 5.41) is 8.06. The Morgan fingerprint density at radius 2 is 1.96 bits per heavy atom. The number of halogens is 1. The molecule has 0 aromatic carbocycles. The van der Waals surface area contributed by atoms with Gasteiger partial charge in [0.1, 0.15) is 4.21 Å². The molecule has 1 aromatic rings. The van der Waals surface area contributed by atoms with Crippen LogP contribution in [0.3, 0.4) is 0 Å². The number of ether oxygens (including phenoxy) is 1. The molecule has 10 heteroatoms. The molecule has 152 valence electrons. The van der Waals surface area contributed by atoms with Crippen molar-refractivity contribution in [3.63, 3.8) is 0 Å². The molecule has 0 aliphatic carbocycles. The Morgan fingerprint density at radius 1 is 1.27 bits per heavy atom. The standard InChI is InChI=1S/C16H30N4O3S2.HI/c1-5-23-14(13(2)3)8-9-18-16(17-4)19-10-11-20-25(21,22)15-7-6-12-24-15;/h6-7,12-14,20H,5,8-11H2,1-4H3,(H2,17,18,19);1H. The first kappa shape index (κ1) is 25.6. The van der Waals surface area contributed by atoms with Crippen LogP contribution in [0, 0.1) is 5.92 Å². The number of sulfonamides is 1. The summed E-state index contributed by atoms with van der Waals surface area (Å²) in [4.78, 5) is 4.14. The van der Waals surface area contributed by atoms with Gasteiger partial charge < -0.3 is 15.4 Å². The Balaban J connectivity index is 0.00000625. The molecule has 1 atom stereocenters. The summed E-state index contributed by atoms with van der Waals surface area (Å²) >= 11 is 1.20. The quantitative estimate of drug-likeness (QED) is 0.181. The van der Waals surface area contributed by atoms with Crippen molar-refractivity contribution < 1.29 is 13.2 Å². The maximum atomic E-state index is 12.0. The van der Waals surface area contributed by atoms with Gasteiger partial charge in [0.25, 0.3) is 0 Å². The van der Waals surface area contributed by atoms with Crippen LogP contribution in [-0.2, 0) is 14.8 Å². The molecule has 3 N–H and O–H groups in total. The molecule has 0 saturated carbocycles. The topological polar surface area (TPSA) is 91.8 Å². The number of hydrogen-bond donors (Lipinski definition) is 3. The van der Waals surface area contributed by atoms with E-state index in [0.717, 1.165) is 13.0 Å². The first-order valence-corrected chi connectivity index (χ1v) is 10.9. The van der Waals surface area contributed by atoms with Crippen molar-refractivity contribution in [1.82, 2.24) is 15.4 Å². The number of aliphatic imine (C=N–C) groups is 1. The van der Waals surface area contributed by atoms with E-state index in [9.17, 15) is 8.42 Å². The first-order chi connectivity index (χ1) is 11.9. The van der Waals surface area contributed by atoms with Crippen LogP contribution >= 0.6 is 35.3 Å². The zero-order chi connectivity index (χ0) is 18.7. The summed E-state index contributed by atoms with van der Waals surface area (Å²) in [5.74, 6) is 1.11. The summed E-state index contributed by atoms with van der Waals surface area (Å²) in [6.45, 7) is 8.47. The lowest BCUT2D eigenvalue weighted by Crippen LogP contribution is -2.42. The minimum Gasteiger partial charge on any atom is -0.378 e. The molecular weight excluding hydrogens is 487 g/mol.